The first-order valence-corrected chi connectivity index (χ1v) is 39.1. The van der Waals surface area contributed by atoms with Gasteiger partial charge >= 0.3 is 6.18 Å². The molecule has 0 radical (unpaired) electrons. The van der Waals surface area contributed by atoms with Crippen molar-refractivity contribution >= 4 is 70.9 Å². The van der Waals surface area contributed by atoms with Gasteiger partial charge in [0.15, 0.2) is 0 Å². The van der Waals surface area contributed by atoms with E-state index in [4.69, 9.17) is 14.2 Å². The summed E-state index contributed by atoms with van der Waals surface area (Å²) in [7, 11) is 12.9. The van der Waals surface area contributed by atoms with Crippen LogP contribution in [0.1, 0.15) is 183 Å². The predicted octanol–water partition coefficient (Wildman–Crippen LogP) is 5.16. The number of halogens is 3. The first-order valence-electron chi connectivity index (χ1n) is 39.1. The zero-order valence-corrected chi connectivity index (χ0v) is 66.5. The Morgan fingerprint density at radius 2 is 1.33 bits per heavy atom. The minimum atomic E-state index is -4.52. The smallest absolute Gasteiger partial charge is 0.381 e. The van der Waals surface area contributed by atoms with Gasteiger partial charge in [-0.05, 0) is 158 Å². The Morgan fingerprint density at radius 1 is 0.682 bits per heavy atom. The summed E-state index contributed by atoms with van der Waals surface area (Å²) in [5.41, 5.74) is -2.13. The molecule has 7 rings (SSSR count). The second-order valence-corrected chi connectivity index (χ2v) is 32.8. The Bertz CT molecular complexity index is 3170. The van der Waals surface area contributed by atoms with Gasteiger partial charge in [0.25, 0.3) is 0 Å². The molecular weight excluding hydrogens is 1390 g/mol. The fourth-order valence-corrected chi connectivity index (χ4v) is 17.8. The van der Waals surface area contributed by atoms with Gasteiger partial charge in [-0.15, -0.1) is 0 Å². The SMILES string of the molecule is CCOC[C@H]1C(=O)N[C@@H]([C@@H](C)CC)C(=O)N(C)CC(=O)N(C)[C@H]2C/C=C\CCN(C2=O)[C@@H](CC2CCC(OC)CC2)C(=O)N(C)CC(=O)N[C@@H](CCC2CCC(C(F)(F)F)C(OC)C2)C(=O)N2C[C@@H](C)C[C@H]2C(=O)NC2(CC(C)(C)C2)C(=O)N(C)[C@@H](C2CCCC2)C(=O)N(C)[C@H](C(=O)N(C)CC)CC(=O)N1C. The van der Waals surface area contributed by atoms with Crippen LogP contribution in [-0.2, 0) is 71.7 Å². The molecule has 30 heteroatoms. The van der Waals surface area contributed by atoms with Gasteiger partial charge in [-0.1, -0.05) is 66.0 Å². The Morgan fingerprint density at radius 3 is 1.93 bits per heavy atom. The molecule has 13 atom stereocenters. The van der Waals surface area contributed by atoms with Gasteiger partial charge in [0.2, 0.25) is 70.9 Å². The molecule has 27 nitrogen and oxygen atoms in total. The molecule has 3 N–H and O–H groups in total. The molecule has 2 saturated heterocycles. The van der Waals surface area contributed by atoms with Crippen LogP contribution in [0.5, 0.6) is 0 Å². The summed E-state index contributed by atoms with van der Waals surface area (Å²) in [5.74, 6) is -11.4. The molecule has 3 unspecified atom stereocenters. The molecule has 7 aliphatic rings. The van der Waals surface area contributed by atoms with Crippen molar-refractivity contribution in [1.29, 1.82) is 0 Å². The summed E-state index contributed by atoms with van der Waals surface area (Å²) in [6.45, 7) is 11.6. The lowest BCUT2D eigenvalue weighted by atomic mass is 9.58. The van der Waals surface area contributed by atoms with E-state index in [2.05, 4.69) is 16.0 Å². The monoisotopic (exact) mass is 1510 g/mol. The van der Waals surface area contributed by atoms with Crippen molar-refractivity contribution in [2.45, 2.75) is 256 Å². The summed E-state index contributed by atoms with van der Waals surface area (Å²) in [6.07, 6.45) is 3.81. The third-order valence-corrected chi connectivity index (χ3v) is 24.5. The van der Waals surface area contributed by atoms with E-state index in [1.165, 1.54) is 90.7 Å². The highest BCUT2D eigenvalue weighted by Gasteiger charge is 2.59. The molecule has 4 aliphatic carbocycles. The first kappa shape index (κ1) is 87.3. The number of fused-ring (bicyclic) bond motifs is 3. The summed E-state index contributed by atoms with van der Waals surface area (Å²) < 4.78 is 59.9. The molecule has 0 aromatic carbocycles. The van der Waals surface area contributed by atoms with Crippen LogP contribution in [0.4, 0.5) is 13.2 Å². The first-order chi connectivity index (χ1) is 50.4. The number of likely N-dealkylation sites (N-methyl/N-ethyl adjacent to an activating group) is 7. The van der Waals surface area contributed by atoms with Gasteiger partial charge in [0, 0.05) is 89.8 Å². The van der Waals surface area contributed by atoms with E-state index in [0.717, 1.165) is 22.6 Å². The molecule has 107 heavy (non-hydrogen) atoms. The number of hydrogen-bond donors (Lipinski definition) is 3. The summed E-state index contributed by atoms with van der Waals surface area (Å²) in [5, 5.41) is 8.85. The third kappa shape index (κ3) is 21.3. The number of methoxy groups -OCH3 is 2. The Hall–Kier alpha value is -6.95. The number of alkyl halides is 3. The summed E-state index contributed by atoms with van der Waals surface area (Å²) in [6, 6.07) is -10.3. The molecule has 4 saturated carbocycles. The summed E-state index contributed by atoms with van der Waals surface area (Å²) in [4.78, 5) is 194. The summed E-state index contributed by atoms with van der Waals surface area (Å²) >= 11 is 0. The van der Waals surface area contributed by atoms with E-state index in [1.807, 2.05) is 33.8 Å². The number of carbonyl (C=O) groups is 12. The van der Waals surface area contributed by atoms with Crippen LogP contribution in [0.2, 0.25) is 0 Å². The third-order valence-electron chi connectivity index (χ3n) is 24.5. The Labute approximate surface area is 631 Å². The van der Waals surface area contributed by atoms with Crippen LogP contribution in [0, 0.1) is 40.9 Å². The van der Waals surface area contributed by atoms with Crippen molar-refractivity contribution in [1.82, 2.24) is 60.0 Å². The van der Waals surface area contributed by atoms with Crippen molar-refractivity contribution in [3.63, 3.8) is 0 Å². The number of rotatable bonds is 15. The molecule has 604 valence electrons. The van der Waals surface area contributed by atoms with E-state index in [1.54, 1.807) is 34.0 Å². The second-order valence-electron chi connectivity index (χ2n) is 32.8. The maximum absolute atomic E-state index is 15.8. The minimum Gasteiger partial charge on any atom is -0.381 e. The van der Waals surface area contributed by atoms with Crippen molar-refractivity contribution in [2.75, 3.05) is 109 Å². The Balaban J connectivity index is 1.32. The highest BCUT2D eigenvalue weighted by atomic mass is 19.4. The van der Waals surface area contributed by atoms with Gasteiger partial charge < -0.3 is 74.3 Å². The fourth-order valence-electron chi connectivity index (χ4n) is 17.8. The van der Waals surface area contributed by atoms with E-state index in [9.17, 15) is 41.9 Å². The number of carbonyl (C=O) groups excluding carboxylic acids is 12. The normalized spacial score (nSPS) is 31.7. The van der Waals surface area contributed by atoms with Crippen molar-refractivity contribution in [2.24, 2.45) is 40.9 Å². The predicted molar refractivity (Wildman–Crippen MR) is 393 cm³/mol. The quantitative estimate of drug-likeness (QED) is 0.178. The van der Waals surface area contributed by atoms with E-state index < -0.39 is 180 Å². The van der Waals surface area contributed by atoms with Gasteiger partial charge in [0.1, 0.15) is 53.9 Å². The van der Waals surface area contributed by atoms with Gasteiger partial charge in [-0.2, -0.15) is 13.2 Å². The highest BCUT2D eigenvalue weighted by molar-refractivity contribution is 6.01. The van der Waals surface area contributed by atoms with E-state index >= 15 is 28.8 Å². The lowest BCUT2D eigenvalue weighted by Crippen LogP contribution is -2.71. The van der Waals surface area contributed by atoms with Crippen LogP contribution in [-0.4, -0.2) is 297 Å². The Kier molecular flexibility index (Phi) is 31.1. The molecule has 0 aromatic rings. The lowest BCUT2D eigenvalue weighted by molar-refractivity contribution is -0.215. The fraction of sp³-hybridized carbons (Fsp3) is 0.818. The van der Waals surface area contributed by atoms with Gasteiger partial charge in [-0.25, -0.2) is 0 Å². The maximum atomic E-state index is 15.8. The van der Waals surface area contributed by atoms with Crippen molar-refractivity contribution in [3.8, 4) is 0 Å². The maximum Gasteiger partial charge on any atom is 0.394 e. The van der Waals surface area contributed by atoms with Gasteiger partial charge in [-0.3, -0.25) is 57.5 Å². The zero-order valence-electron chi connectivity index (χ0n) is 66.5. The molecular formula is C77H125F3N12O15. The van der Waals surface area contributed by atoms with Crippen molar-refractivity contribution in [3.05, 3.63) is 12.2 Å². The minimum absolute atomic E-state index is 0.0113. The highest BCUT2D eigenvalue weighted by Crippen LogP contribution is 2.50. The molecule has 2 bridgehead atoms. The van der Waals surface area contributed by atoms with Crippen LogP contribution in [0.25, 0.3) is 0 Å². The molecule has 1 spiro atoms. The average molecular weight is 1520 g/mol. The van der Waals surface area contributed by atoms with Gasteiger partial charge in [0.05, 0.1) is 44.2 Å². The van der Waals surface area contributed by atoms with Crippen LogP contribution in [0.3, 0.4) is 0 Å². The molecule has 6 fully saturated rings. The van der Waals surface area contributed by atoms with Crippen molar-refractivity contribution < 1.29 is 84.9 Å². The number of hydrogen-bond acceptors (Lipinski definition) is 15. The number of nitrogens with one attached hydrogen (secondary N) is 3. The lowest BCUT2D eigenvalue weighted by Gasteiger charge is -2.54. The largest absolute Gasteiger partial charge is 0.394 e. The molecule has 3 aliphatic heterocycles. The van der Waals surface area contributed by atoms with Crippen LogP contribution < -0.4 is 16.0 Å². The van der Waals surface area contributed by atoms with E-state index in [0.29, 0.717) is 51.4 Å². The molecule has 3 heterocycles. The average Bonchev–Trinajstić information content (AvgIpc) is 1.31. The zero-order chi connectivity index (χ0) is 79.3. The number of amides is 12. The van der Waals surface area contributed by atoms with Crippen LogP contribution in [0.15, 0.2) is 12.2 Å². The molecule has 0 aromatic heterocycles. The van der Waals surface area contributed by atoms with E-state index in [-0.39, 0.29) is 121 Å². The van der Waals surface area contributed by atoms with Crippen LogP contribution >= 0.6 is 0 Å². The number of nitrogens with zero attached hydrogens (tertiary/aromatic N) is 9. The second kappa shape index (κ2) is 38.1. The number of ether oxygens (including phenoxy) is 3. The standard InChI is InChI=1S/C77H125F3N12O15/c1-17-48(5)64-72(102)86(10)43-63(95)87(11)55-27-21-20-24-36-91(71(55)101)58(38-49-28-32-52(105-15)33-29-49)70(100)85(9)42-61(93)81-54(35-31-50-30-34-53(77(78,79)80)60(39-50)106-16)68(98)92-41-47(4)37-56(92)67(97)83-76(45-75(6,7)46-76)74(104)90(14)65(51-25-22-23-26-51)73(103)89(13)57(69(99)84(8)18-2)40-62(94)88(12)59(44-107-19-3)66(96)82-64/h20-21,47-60,64-65H,17-19,22-46H2,1-16H3,(H,81,93)(H,82,96)(H,83,97)/b21-20-/t47-,48-,49?,50?,52?,53?,54-,55-,56-,57-,58-,59-,60?,64-,65-/m0/s1. The molecule has 12 amide bonds. The topological polar surface area (TPSA) is 298 Å².